The van der Waals surface area contributed by atoms with Crippen molar-refractivity contribution in [3.05, 3.63) is 59.7 Å². The van der Waals surface area contributed by atoms with Crippen LogP contribution in [0.2, 0.25) is 0 Å². The molecule has 0 saturated heterocycles. The largest absolute Gasteiger partial charge is 0.496 e. The Hall–Kier alpha value is -2.05. The molecule has 3 aromatic rings. The average molecular weight is 305 g/mol. The number of benzene rings is 1. The molecular weight excluding hydrogens is 289 g/mol. The summed E-state index contributed by atoms with van der Waals surface area (Å²) in [6.45, 7) is 0. The predicted octanol–water partition coefficient (Wildman–Crippen LogP) is 2.87. The normalized spacial score (nSPS) is 12.0. The molecule has 3 N–H and O–H groups in total. The van der Waals surface area contributed by atoms with Gasteiger partial charge in [-0.15, -0.1) is 0 Å². The lowest BCUT2D eigenvalue weighted by Gasteiger charge is -2.14. The van der Waals surface area contributed by atoms with E-state index in [1.54, 1.807) is 12.3 Å². The van der Waals surface area contributed by atoms with Crippen molar-refractivity contribution in [3.8, 4) is 5.75 Å². The molecule has 6 heteroatoms. The number of nitrogens with one attached hydrogen (secondary N) is 1. The van der Waals surface area contributed by atoms with Gasteiger partial charge in [-0.2, -0.15) is 13.5 Å². The maximum atomic E-state index is 13.4. The summed E-state index contributed by atoms with van der Waals surface area (Å²) >= 11 is 0. The molecule has 1 atom stereocenters. The van der Waals surface area contributed by atoms with Gasteiger partial charge in [0.2, 0.25) is 0 Å². The SMILES string of the molecule is COc1ccc(F)cc1[C@H](N)c1cc2cccnc2[nH]1.S. The number of halogens is 1. The second kappa shape index (κ2) is 6.15. The molecule has 0 unspecified atom stereocenters. The zero-order chi connectivity index (χ0) is 14.1. The summed E-state index contributed by atoms with van der Waals surface area (Å²) < 4.78 is 18.7. The number of pyridine rings is 1. The Labute approximate surface area is 128 Å². The van der Waals surface area contributed by atoms with Crippen LogP contribution in [0.5, 0.6) is 5.75 Å². The Morgan fingerprint density at radius 3 is 2.81 bits per heavy atom. The monoisotopic (exact) mass is 305 g/mol. The van der Waals surface area contributed by atoms with Gasteiger partial charge in [0.15, 0.2) is 0 Å². The van der Waals surface area contributed by atoms with E-state index in [0.717, 1.165) is 16.7 Å². The van der Waals surface area contributed by atoms with Gasteiger partial charge in [-0.1, -0.05) is 0 Å². The molecule has 0 bridgehead atoms. The number of hydrogen-bond acceptors (Lipinski definition) is 3. The molecule has 3 rings (SSSR count). The first kappa shape index (κ1) is 15.3. The van der Waals surface area contributed by atoms with Gasteiger partial charge in [-0.25, -0.2) is 9.37 Å². The van der Waals surface area contributed by atoms with Crippen molar-refractivity contribution in [1.82, 2.24) is 9.97 Å². The highest BCUT2D eigenvalue weighted by molar-refractivity contribution is 7.59. The number of ether oxygens (including phenoxy) is 1. The van der Waals surface area contributed by atoms with Crippen LogP contribution in [0.25, 0.3) is 11.0 Å². The lowest BCUT2D eigenvalue weighted by molar-refractivity contribution is 0.406. The third kappa shape index (κ3) is 2.86. The Morgan fingerprint density at radius 1 is 1.29 bits per heavy atom. The fourth-order valence-corrected chi connectivity index (χ4v) is 2.26. The lowest BCUT2D eigenvalue weighted by atomic mass is 10.0. The van der Waals surface area contributed by atoms with Crippen molar-refractivity contribution in [2.75, 3.05) is 7.11 Å². The Kier molecular flexibility index (Phi) is 4.50. The maximum Gasteiger partial charge on any atom is 0.137 e. The quantitative estimate of drug-likeness (QED) is 0.782. The molecule has 21 heavy (non-hydrogen) atoms. The van der Waals surface area contributed by atoms with Crippen molar-refractivity contribution in [2.24, 2.45) is 5.73 Å². The molecule has 0 saturated carbocycles. The zero-order valence-electron chi connectivity index (χ0n) is 11.4. The molecule has 2 aromatic heterocycles. The minimum Gasteiger partial charge on any atom is -0.496 e. The minimum atomic E-state index is -0.505. The minimum absolute atomic E-state index is 0. The summed E-state index contributed by atoms with van der Waals surface area (Å²) in [4.78, 5) is 7.37. The van der Waals surface area contributed by atoms with Crippen LogP contribution < -0.4 is 10.5 Å². The van der Waals surface area contributed by atoms with E-state index >= 15 is 0 Å². The smallest absolute Gasteiger partial charge is 0.137 e. The van der Waals surface area contributed by atoms with Crippen LogP contribution in [0.1, 0.15) is 17.3 Å². The molecule has 4 nitrogen and oxygen atoms in total. The summed E-state index contributed by atoms with van der Waals surface area (Å²) in [5.74, 6) is 0.219. The van der Waals surface area contributed by atoms with Crippen LogP contribution >= 0.6 is 13.5 Å². The summed E-state index contributed by atoms with van der Waals surface area (Å²) in [6.07, 6.45) is 1.71. The lowest BCUT2D eigenvalue weighted by Crippen LogP contribution is -2.13. The third-order valence-corrected chi connectivity index (χ3v) is 3.27. The molecule has 0 aliphatic rings. The van der Waals surface area contributed by atoms with E-state index in [0.29, 0.717) is 11.3 Å². The van der Waals surface area contributed by atoms with E-state index < -0.39 is 6.04 Å². The van der Waals surface area contributed by atoms with Crippen LogP contribution in [-0.4, -0.2) is 17.1 Å². The number of nitrogens with two attached hydrogens (primary N) is 1. The first-order valence-corrected chi connectivity index (χ1v) is 6.21. The van der Waals surface area contributed by atoms with Crippen molar-refractivity contribution >= 4 is 24.5 Å². The van der Waals surface area contributed by atoms with Gasteiger partial charge >= 0.3 is 0 Å². The molecule has 0 spiro atoms. The first-order chi connectivity index (χ1) is 9.69. The number of nitrogens with zero attached hydrogens (tertiary/aromatic N) is 1. The highest BCUT2D eigenvalue weighted by Gasteiger charge is 2.17. The van der Waals surface area contributed by atoms with Gasteiger partial charge in [0.25, 0.3) is 0 Å². The molecule has 0 radical (unpaired) electrons. The van der Waals surface area contributed by atoms with E-state index in [-0.39, 0.29) is 19.3 Å². The molecule has 0 aliphatic heterocycles. The standard InChI is InChI=1S/C15H14FN3O.H2S/c1-20-13-5-4-10(16)8-11(13)14(17)12-7-9-3-2-6-18-15(9)19-12;/h2-8,14H,17H2,1H3,(H,18,19);1H2/t14-;/m0./s1. The third-order valence-electron chi connectivity index (χ3n) is 3.27. The zero-order valence-corrected chi connectivity index (χ0v) is 12.4. The summed E-state index contributed by atoms with van der Waals surface area (Å²) in [7, 11) is 1.54. The molecule has 0 amide bonds. The van der Waals surface area contributed by atoms with Gasteiger partial charge in [0, 0.05) is 22.8 Å². The molecule has 0 fully saturated rings. The fraction of sp³-hybridized carbons (Fsp3) is 0.133. The van der Waals surface area contributed by atoms with Crippen LogP contribution in [0.15, 0.2) is 42.6 Å². The van der Waals surface area contributed by atoms with Gasteiger partial charge in [-0.3, -0.25) is 0 Å². The van der Waals surface area contributed by atoms with Gasteiger partial charge in [0.05, 0.1) is 13.2 Å². The van der Waals surface area contributed by atoms with Crippen LogP contribution in [0.3, 0.4) is 0 Å². The maximum absolute atomic E-state index is 13.4. The molecule has 1 aromatic carbocycles. The Balaban J connectivity index is 0.00000161. The fourth-order valence-electron chi connectivity index (χ4n) is 2.26. The van der Waals surface area contributed by atoms with E-state index in [1.165, 1.54) is 19.2 Å². The first-order valence-electron chi connectivity index (χ1n) is 6.21. The second-order valence-electron chi connectivity index (χ2n) is 4.53. The van der Waals surface area contributed by atoms with E-state index in [9.17, 15) is 4.39 Å². The van der Waals surface area contributed by atoms with Crippen molar-refractivity contribution in [1.29, 1.82) is 0 Å². The second-order valence-corrected chi connectivity index (χ2v) is 4.53. The average Bonchev–Trinajstić information content (AvgIpc) is 2.90. The highest BCUT2D eigenvalue weighted by atomic mass is 32.1. The summed E-state index contributed by atoms with van der Waals surface area (Å²) in [5, 5.41) is 0.966. The predicted molar refractivity (Wildman–Crippen MR) is 85.5 cm³/mol. The topological polar surface area (TPSA) is 63.9 Å². The van der Waals surface area contributed by atoms with Crippen LogP contribution in [0, 0.1) is 5.82 Å². The van der Waals surface area contributed by atoms with Crippen LogP contribution in [0.4, 0.5) is 4.39 Å². The number of hydrogen-bond donors (Lipinski definition) is 2. The molecule has 110 valence electrons. The highest BCUT2D eigenvalue weighted by Crippen LogP contribution is 2.29. The van der Waals surface area contributed by atoms with Gasteiger partial charge < -0.3 is 15.5 Å². The van der Waals surface area contributed by atoms with Crippen LogP contribution in [-0.2, 0) is 0 Å². The van der Waals surface area contributed by atoms with E-state index in [1.807, 2.05) is 18.2 Å². The van der Waals surface area contributed by atoms with Crippen molar-refractivity contribution < 1.29 is 9.13 Å². The number of aromatic amines is 1. The number of H-pyrrole nitrogens is 1. The molecule has 2 heterocycles. The molecular formula is C15H16FN3OS. The molecule has 0 aliphatic carbocycles. The van der Waals surface area contributed by atoms with Gasteiger partial charge in [-0.05, 0) is 36.4 Å². The van der Waals surface area contributed by atoms with E-state index in [2.05, 4.69) is 9.97 Å². The van der Waals surface area contributed by atoms with Crippen molar-refractivity contribution in [2.45, 2.75) is 6.04 Å². The number of aromatic nitrogens is 2. The summed E-state index contributed by atoms with van der Waals surface area (Å²) in [6, 6.07) is 9.52. The van der Waals surface area contributed by atoms with E-state index in [4.69, 9.17) is 10.5 Å². The summed E-state index contributed by atoms with van der Waals surface area (Å²) in [5.41, 5.74) is 8.34. The van der Waals surface area contributed by atoms with Crippen molar-refractivity contribution in [3.63, 3.8) is 0 Å². The number of fused-ring (bicyclic) bond motifs is 1. The number of rotatable bonds is 3. The van der Waals surface area contributed by atoms with Gasteiger partial charge in [0.1, 0.15) is 17.2 Å². The number of methoxy groups -OCH3 is 1. The Morgan fingerprint density at radius 2 is 2.10 bits per heavy atom. The Bertz CT molecular complexity index is 727.